The van der Waals surface area contributed by atoms with Crippen molar-refractivity contribution in [2.45, 2.75) is 76.0 Å². The highest BCUT2D eigenvalue weighted by atomic mass is 16.7. The van der Waals surface area contributed by atoms with Crippen molar-refractivity contribution in [2.75, 3.05) is 13.2 Å². The Bertz CT molecular complexity index is 730. The first-order valence-corrected chi connectivity index (χ1v) is 9.73. The zero-order valence-corrected chi connectivity index (χ0v) is 15.9. The van der Waals surface area contributed by atoms with Gasteiger partial charge < -0.3 is 24.4 Å². The molecule has 0 radical (unpaired) electrons. The topological polar surface area (TPSA) is 88.5 Å². The number of fused-ring (bicyclic) bond motifs is 2. The molecular weight excluding hydrogens is 336 g/mol. The Balaban J connectivity index is 1.60. The summed E-state index contributed by atoms with van der Waals surface area (Å²) >= 11 is 0. The zero-order valence-electron chi connectivity index (χ0n) is 15.9. The van der Waals surface area contributed by atoms with Crippen molar-refractivity contribution < 1.29 is 29.2 Å². The number of rotatable bonds is 1. The first-order valence-electron chi connectivity index (χ1n) is 9.73. The summed E-state index contributed by atoms with van der Waals surface area (Å²) in [7, 11) is 0. The van der Waals surface area contributed by atoms with Gasteiger partial charge in [0.05, 0.1) is 18.3 Å². The van der Waals surface area contributed by atoms with E-state index in [-0.39, 0.29) is 29.3 Å². The van der Waals surface area contributed by atoms with Gasteiger partial charge in [-0.2, -0.15) is 0 Å². The summed E-state index contributed by atoms with van der Waals surface area (Å²) in [6.45, 7) is 8.70. The molecule has 144 valence electrons. The molecule has 2 saturated heterocycles. The Hall–Kier alpha value is -0.950. The predicted molar refractivity (Wildman–Crippen MR) is 91.2 cm³/mol. The van der Waals surface area contributed by atoms with E-state index >= 15 is 0 Å². The van der Waals surface area contributed by atoms with Gasteiger partial charge in [-0.25, -0.2) is 4.79 Å². The van der Waals surface area contributed by atoms with Gasteiger partial charge in [-0.05, 0) is 31.3 Å². The highest BCUT2D eigenvalue weighted by Crippen LogP contribution is 2.72. The highest BCUT2D eigenvalue weighted by molar-refractivity contribution is 5.92. The first kappa shape index (κ1) is 17.2. The van der Waals surface area contributed by atoms with Crippen LogP contribution in [0.3, 0.4) is 0 Å². The average molecular weight is 364 g/mol. The quantitative estimate of drug-likeness (QED) is 0.539. The van der Waals surface area contributed by atoms with E-state index in [2.05, 4.69) is 6.92 Å². The monoisotopic (exact) mass is 364 g/mol. The van der Waals surface area contributed by atoms with Crippen LogP contribution in [0.15, 0.2) is 11.1 Å². The zero-order chi connectivity index (χ0) is 18.7. The molecule has 26 heavy (non-hydrogen) atoms. The summed E-state index contributed by atoms with van der Waals surface area (Å²) in [6.07, 6.45) is 0.724. The molecule has 7 atom stereocenters. The molecule has 3 fully saturated rings. The average Bonchev–Trinajstić information content (AvgIpc) is 3.20. The number of aliphatic hydroxyl groups is 2. The molecule has 2 aliphatic carbocycles. The molecule has 0 unspecified atom stereocenters. The molecule has 5 aliphatic rings. The van der Waals surface area contributed by atoms with Crippen LogP contribution in [0.4, 0.5) is 0 Å². The van der Waals surface area contributed by atoms with Crippen LogP contribution in [0, 0.1) is 17.3 Å². The molecule has 0 aromatic rings. The maximum atomic E-state index is 12.0. The molecular formula is C20H28O6. The molecule has 0 aromatic heterocycles. The van der Waals surface area contributed by atoms with Crippen LogP contribution < -0.4 is 0 Å². The van der Waals surface area contributed by atoms with Crippen molar-refractivity contribution in [3.8, 4) is 0 Å². The Morgan fingerprint density at radius 3 is 2.69 bits per heavy atom. The Morgan fingerprint density at radius 2 is 2.00 bits per heavy atom. The minimum absolute atomic E-state index is 0.0493. The normalized spacial score (nSPS) is 55.0. The van der Waals surface area contributed by atoms with E-state index in [1.165, 1.54) is 0 Å². The molecule has 0 bridgehead atoms. The maximum absolute atomic E-state index is 12.0. The van der Waals surface area contributed by atoms with Gasteiger partial charge in [0.25, 0.3) is 0 Å². The number of carbonyl (C=O) groups excluding carboxylic acids is 1. The number of aliphatic hydroxyl groups excluding tert-OH is 1. The van der Waals surface area contributed by atoms with Gasteiger partial charge in [-0.1, -0.05) is 20.8 Å². The summed E-state index contributed by atoms with van der Waals surface area (Å²) in [6, 6.07) is 0. The third-order valence-corrected chi connectivity index (χ3v) is 8.44. The van der Waals surface area contributed by atoms with Gasteiger partial charge in [0.1, 0.15) is 23.9 Å². The van der Waals surface area contributed by atoms with E-state index in [0.717, 1.165) is 17.6 Å². The number of cyclic esters (lactones) is 1. The van der Waals surface area contributed by atoms with Gasteiger partial charge in [0.2, 0.25) is 0 Å². The van der Waals surface area contributed by atoms with Crippen molar-refractivity contribution >= 4 is 5.97 Å². The Kier molecular flexibility index (Phi) is 3.11. The van der Waals surface area contributed by atoms with Crippen molar-refractivity contribution in [1.29, 1.82) is 0 Å². The molecule has 0 amide bonds. The molecule has 6 heteroatoms. The second-order valence-corrected chi connectivity index (χ2v) is 9.56. The van der Waals surface area contributed by atoms with E-state index in [4.69, 9.17) is 14.2 Å². The van der Waals surface area contributed by atoms with Gasteiger partial charge in [-0.15, -0.1) is 0 Å². The Labute approximate surface area is 153 Å². The van der Waals surface area contributed by atoms with Crippen LogP contribution in [0.25, 0.3) is 0 Å². The summed E-state index contributed by atoms with van der Waals surface area (Å²) in [5.74, 6) is -0.251. The van der Waals surface area contributed by atoms with Gasteiger partial charge in [-0.3, -0.25) is 0 Å². The molecule has 1 spiro atoms. The van der Waals surface area contributed by atoms with Gasteiger partial charge in [0.15, 0.2) is 0 Å². The number of hydrogen-bond donors (Lipinski definition) is 2. The third-order valence-electron chi connectivity index (χ3n) is 8.44. The smallest absolute Gasteiger partial charge is 0.334 e. The van der Waals surface area contributed by atoms with E-state index in [0.29, 0.717) is 26.1 Å². The minimum Gasteiger partial charge on any atom is -0.458 e. The van der Waals surface area contributed by atoms with Crippen LogP contribution in [-0.4, -0.2) is 58.4 Å². The molecule has 6 nitrogen and oxygen atoms in total. The van der Waals surface area contributed by atoms with Crippen molar-refractivity contribution in [2.24, 2.45) is 17.3 Å². The van der Waals surface area contributed by atoms with Gasteiger partial charge >= 0.3 is 5.97 Å². The molecule has 0 aromatic carbocycles. The largest absolute Gasteiger partial charge is 0.458 e. The molecule has 5 rings (SSSR count). The van der Waals surface area contributed by atoms with Gasteiger partial charge in [0, 0.05) is 23.3 Å². The minimum atomic E-state index is -1.23. The van der Waals surface area contributed by atoms with E-state index in [1.807, 2.05) is 20.8 Å². The fourth-order valence-corrected chi connectivity index (χ4v) is 6.66. The molecule has 1 saturated carbocycles. The highest BCUT2D eigenvalue weighted by Gasteiger charge is 2.85. The standard InChI is InChI=1S/C20H28O6/c1-10(2)19(23)7-14-20(26-14)17(3)6-5-11-12(8-24-15(11)21)13(17)9-25-18(20,4)16(19)22/h10,13-14,16,22-23H,5-9H2,1-4H3/t13-,14-,16-,17-,18+,19+,20+/m0/s1. The van der Waals surface area contributed by atoms with E-state index in [9.17, 15) is 15.0 Å². The van der Waals surface area contributed by atoms with Crippen LogP contribution >= 0.6 is 0 Å². The molecule has 3 aliphatic heterocycles. The molecule has 3 heterocycles. The third kappa shape index (κ3) is 1.59. The second-order valence-electron chi connectivity index (χ2n) is 9.56. The lowest BCUT2D eigenvalue weighted by molar-refractivity contribution is -0.285. The van der Waals surface area contributed by atoms with Crippen LogP contribution in [0.2, 0.25) is 0 Å². The summed E-state index contributed by atoms with van der Waals surface area (Å²) in [5.41, 5.74) is -1.22. The van der Waals surface area contributed by atoms with E-state index < -0.39 is 22.9 Å². The summed E-state index contributed by atoms with van der Waals surface area (Å²) < 4.78 is 17.9. The lowest BCUT2D eigenvalue weighted by Gasteiger charge is -2.61. The van der Waals surface area contributed by atoms with E-state index in [1.54, 1.807) is 0 Å². The van der Waals surface area contributed by atoms with Crippen molar-refractivity contribution in [3.63, 3.8) is 0 Å². The summed E-state index contributed by atoms with van der Waals surface area (Å²) in [5, 5.41) is 22.4. The van der Waals surface area contributed by atoms with Crippen molar-refractivity contribution in [1.82, 2.24) is 0 Å². The van der Waals surface area contributed by atoms with Crippen LogP contribution in [0.5, 0.6) is 0 Å². The lowest BCUT2D eigenvalue weighted by Crippen LogP contribution is -2.76. The molecule has 2 N–H and O–H groups in total. The lowest BCUT2D eigenvalue weighted by atomic mass is 9.48. The number of carbonyl (C=O) groups is 1. The number of epoxide rings is 1. The Morgan fingerprint density at radius 1 is 1.27 bits per heavy atom. The second kappa shape index (κ2) is 4.72. The number of esters is 1. The SMILES string of the molecule is CC(C)[C@]1(O)C[C@@H]2O[C@@]23[C@@]2(C)CCC4=C(COC4=O)[C@@H]2CO[C@]3(C)[C@@H]1O. The van der Waals surface area contributed by atoms with Crippen LogP contribution in [0.1, 0.15) is 47.0 Å². The summed E-state index contributed by atoms with van der Waals surface area (Å²) in [4.78, 5) is 12.0. The predicted octanol–water partition coefficient (Wildman–Crippen LogP) is 1.33. The number of ether oxygens (including phenoxy) is 3. The first-order chi connectivity index (χ1) is 12.1. The fraction of sp³-hybridized carbons (Fsp3) is 0.850. The van der Waals surface area contributed by atoms with Crippen LogP contribution in [-0.2, 0) is 19.0 Å². The maximum Gasteiger partial charge on any atom is 0.334 e. The fourth-order valence-electron chi connectivity index (χ4n) is 6.66. The van der Waals surface area contributed by atoms with Crippen molar-refractivity contribution in [3.05, 3.63) is 11.1 Å². The number of hydrogen-bond acceptors (Lipinski definition) is 6.